The lowest BCUT2D eigenvalue weighted by atomic mass is 9.67. The van der Waals surface area contributed by atoms with E-state index in [4.69, 9.17) is 0 Å². The van der Waals surface area contributed by atoms with Gasteiger partial charge in [-0.15, -0.1) is 0 Å². The maximum Gasteiger partial charge on any atom is 0.0713 e. The molecule has 0 N–H and O–H groups in total. The number of hydrogen-bond donors (Lipinski definition) is 0. The average Bonchev–Trinajstić information content (AvgIpc) is 3.57. The third kappa shape index (κ3) is 3.77. The van der Waals surface area contributed by atoms with Gasteiger partial charge in [-0.05, 0) is 106 Å². The van der Waals surface area contributed by atoms with Crippen LogP contribution in [0.2, 0.25) is 0 Å². The summed E-state index contributed by atoms with van der Waals surface area (Å²) in [5.41, 5.74) is 14.6. The van der Waals surface area contributed by atoms with E-state index in [1.807, 2.05) is 0 Å². The fourth-order valence-electron chi connectivity index (χ4n) is 10.3. The second kappa shape index (κ2) is 9.81. The highest BCUT2D eigenvalue weighted by molar-refractivity contribution is 5.89. The van der Waals surface area contributed by atoms with E-state index in [2.05, 4.69) is 184 Å². The van der Waals surface area contributed by atoms with E-state index in [9.17, 15) is 0 Å². The lowest BCUT2D eigenvalue weighted by Gasteiger charge is -2.42. The van der Waals surface area contributed by atoms with Crippen LogP contribution in [-0.2, 0) is 10.8 Å². The fraction of sp³-hybridized carbons (Fsp3) is 0.217. The van der Waals surface area contributed by atoms with Crippen molar-refractivity contribution in [1.82, 2.24) is 0 Å². The molecule has 9 rings (SSSR count). The Balaban J connectivity index is 1.24. The molecule has 1 nitrogen and oxygen atoms in total. The summed E-state index contributed by atoms with van der Waals surface area (Å²) in [6.45, 7) is 9.95. The minimum atomic E-state index is -0.369. The summed E-state index contributed by atoms with van der Waals surface area (Å²) in [6, 6.07) is 56.8. The van der Waals surface area contributed by atoms with Gasteiger partial charge in [-0.1, -0.05) is 142 Å². The van der Waals surface area contributed by atoms with Gasteiger partial charge < -0.3 is 4.90 Å². The van der Waals surface area contributed by atoms with Crippen LogP contribution in [0.25, 0.3) is 22.3 Å². The molecule has 1 saturated carbocycles. The quantitative estimate of drug-likeness (QED) is 0.192. The molecule has 6 aromatic rings. The molecule has 2 atom stereocenters. The zero-order chi connectivity index (χ0) is 32.0. The van der Waals surface area contributed by atoms with Gasteiger partial charge in [0.1, 0.15) is 0 Å². The third-order valence-electron chi connectivity index (χ3n) is 12.0. The predicted molar refractivity (Wildman–Crippen MR) is 197 cm³/mol. The number of hydrogen-bond acceptors (Lipinski definition) is 1. The molecule has 2 aliphatic carbocycles. The Morgan fingerprint density at radius 1 is 0.468 bits per heavy atom. The van der Waals surface area contributed by atoms with Crippen LogP contribution in [0, 0.1) is 5.41 Å². The average molecular weight is 608 g/mol. The smallest absolute Gasteiger partial charge is 0.0713 e. The molecule has 47 heavy (non-hydrogen) atoms. The summed E-state index contributed by atoms with van der Waals surface area (Å²) in [4.78, 5) is 2.66. The first kappa shape index (κ1) is 28.4. The van der Waals surface area contributed by atoms with E-state index in [0.29, 0.717) is 0 Å². The van der Waals surface area contributed by atoms with Crippen LogP contribution in [-0.4, -0.2) is 5.54 Å². The van der Waals surface area contributed by atoms with E-state index in [-0.39, 0.29) is 21.8 Å². The van der Waals surface area contributed by atoms with Crippen LogP contribution in [0.1, 0.15) is 68.4 Å². The van der Waals surface area contributed by atoms with Crippen LogP contribution >= 0.6 is 0 Å². The molecule has 3 aliphatic rings. The molecule has 1 fully saturated rings. The van der Waals surface area contributed by atoms with Crippen molar-refractivity contribution >= 4 is 11.4 Å². The Bertz CT molecular complexity index is 2110. The first-order chi connectivity index (χ1) is 22.8. The van der Waals surface area contributed by atoms with Crippen LogP contribution in [0.4, 0.5) is 11.4 Å². The molecule has 0 saturated heterocycles. The SMILES string of the molecule is CC1(C)CC2(C)c3cc(-c4ccc5c(c4)-c4ccccc4C5(c4ccccc4)c4ccccc4)ccc3N(c3ccccc3)C2(C)C1. The maximum absolute atomic E-state index is 2.66. The van der Waals surface area contributed by atoms with Crippen molar-refractivity contribution < 1.29 is 0 Å². The van der Waals surface area contributed by atoms with Crippen molar-refractivity contribution in [2.45, 2.75) is 56.9 Å². The molecule has 0 aromatic heterocycles. The zero-order valence-electron chi connectivity index (χ0n) is 27.8. The standard InChI is InChI=1S/C46H41N/c1-43(2)30-44(3)41-29-33(25-27-42(41)47(45(44,4)31-43)36-20-12-7-13-21-36)32-24-26-40-38(28-32)37-22-14-15-23-39(37)46(40,34-16-8-5-9-17-34)35-18-10-6-11-19-35/h5-29H,30-31H2,1-4H3. The van der Waals surface area contributed by atoms with Gasteiger partial charge in [-0.3, -0.25) is 0 Å². The van der Waals surface area contributed by atoms with Crippen LogP contribution in [0.3, 0.4) is 0 Å². The lowest BCUT2D eigenvalue weighted by molar-refractivity contribution is 0.330. The molecule has 6 aromatic carbocycles. The van der Waals surface area contributed by atoms with E-state index in [1.165, 1.54) is 67.9 Å². The van der Waals surface area contributed by atoms with Crippen molar-refractivity contribution in [2.75, 3.05) is 4.90 Å². The van der Waals surface area contributed by atoms with Crippen LogP contribution in [0.5, 0.6) is 0 Å². The summed E-state index contributed by atoms with van der Waals surface area (Å²) < 4.78 is 0. The van der Waals surface area contributed by atoms with Gasteiger partial charge in [0.25, 0.3) is 0 Å². The number of rotatable bonds is 4. The number of nitrogens with zero attached hydrogens (tertiary/aromatic N) is 1. The summed E-state index contributed by atoms with van der Waals surface area (Å²) in [5.74, 6) is 0. The van der Waals surface area contributed by atoms with Crippen molar-refractivity contribution in [3.8, 4) is 22.3 Å². The first-order valence-electron chi connectivity index (χ1n) is 17.1. The summed E-state index contributed by atoms with van der Waals surface area (Å²) >= 11 is 0. The lowest BCUT2D eigenvalue weighted by Crippen LogP contribution is -2.49. The second-order valence-corrected chi connectivity index (χ2v) is 15.3. The van der Waals surface area contributed by atoms with Gasteiger partial charge in [0.15, 0.2) is 0 Å². The van der Waals surface area contributed by atoms with Crippen molar-refractivity contribution in [2.24, 2.45) is 5.41 Å². The normalized spacial score (nSPS) is 22.8. The van der Waals surface area contributed by atoms with Crippen molar-refractivity contribution in [3.05, 3.63) is 179 Å². The summed E-state index contributed by atoms with van der Waals surface area (Å²) in [7, 11) is 0. The van der Waals surface area contributed by atoms with Gasteiger partial charge in [0.2, 0.25) is 0 Å². The molecule has 230 valence electrons. The monoisotopic (exact) mass is 607 g/mol. The second-order valence-electron chi connectivity index (χ2n) is 15.3. The number of anilines is 2. The third-order valence-corrected chi connectivity index (χ3v) is 12.0. The zero-order valence-corrected chi connectivity index (χ0v) is 27.8. The number of benzene rings is 6. The van der Waals surface area contributed by atoms with E-state index >= 15 is 0 Å². The highest BCUT2D eigenvalue weighted by atomic mass is 15.3. The van der Waals surface area contributed by atoms with Crippen molar-refractivity contribution in [1.29, 1.82) is 0 Å². The molecule has 1 heterocycles. The molecule has 0 amide bonds. The largest absolute Gasteiger partial charge is 0.334 e. The highest BCUT2D eigenvalue weighted by Crippen LogP contribution is 2.67. The fourth-order valence-corrected chi connectivity index (χ4v) is 10.3. The minimum absolute atomic E-state index is 0.000650. The van der Waals surface area contributed by atoms with Gasteiger partial charge in [0.05, 0.1) is 11.0 Å². The Morgan fingerprint density at radius 2 is 1.02 bits per heavy atom. The molecule has 1 heteroatoms. The molecule has 1 aliphatic heterocycles. The first-order valence-corrected chi connectivity index (χ1v) is 17.1. The Morgan fingerprint density at radius 3 is 1.70 bits per heavy atom. The Kier molecular flexibility index (Phi) is 5.92. The minimum Gasteiger partial charge on any atom is -0.334 e. The highest BCUT2D eigenvalue weighted by Gasteiger charge is 2.64. The molecule has 0 bridgehead atoms. The van der Waals surface area contributed by atoms with Crippen molar-refractivity contribution in [3.63, 3.8) is 0 Å². The molecule has 0 spiro atoms. The van der Waals surface area contributed by atoms with Gasteiger partial charge in [-0.2, -0.15) is 0 Å². The Labute approximate surface area is 279 Å². The Hall–Kier alpha value is -4.88. The van der Waals surface area contributed by atoms with E-state index in [1.54, 1.807) is 0 Å². The predicted octanol–water partition coefficient (Wildman–Crippen LogP) is 11.7. The van der Waals surface area contributed by atoms with E-state index in [0.717, 1.165) is 6.42 Å². The van der Waals surface area contributed by atoms with Gasteiger partial charge in [0, 0.05) is 16.8 Å². The van der Waals surface area contributed by atoms with Gasteiger partial charge >= 0.3 is 0 Å². The number of para-hydroxylation sites is 1. The van der Waals surface area contributed by atoms with Crippen LogP contribution < -0.4 is 4.90 Å². The summed E-state index contributed by atoms with van der Waals surface area (Å²) in [5, 5.41) is 0. The number of fused-ring (bicyclic) bond motifs is 6. The van der Waals surface area contributed by atoms with E-state index < -0.39 is 0 Å². The molecular weight excluding hydrogens is 567 g/mol. The molecule has 2 unspecified atom stereocenters. The molecular formula is C46H41N. The molecule has 0 radical (unpaired) electrons. The summed E-state index contributed by atoms with van der Waals surface area (Å²) in [6.07, 6.45) is 2.33. The van der Waals surface area contributed by atoms with Crippen LogP contribution in [0.15, 0.2) is 152 Å². The topological polar surface area (TPSA) is 3.24 Å². The maximum atomic E-state index is 2.66. The van der Waals surface area contributed by atoms with Gasteiger partial charge in [-0.25, -0.2) is 0 Å².